The number of nitrogens with zero attached hydrogens (tertiary/aromatic N) is 7. The number of hydrogen-bond acceptors (Lipinski definition) is 6. The number of carbonyl (C=O) groups is 3. The predicted octanol–water partition coefficient (Wildman–Crippen LogP) is 3.11. The Kier molecular flexibility index (Phi) is 7.03. The van der Waals surface area contributed by atoms with E-state index in [1.54, 1.807) is 17.2 Å². The number of halogens is 1. The molecule has 1 atom stereocenters. The molecule has 1 aromatic carbocycles. The smallest absolute Gasteiger partial charge is 0.256 e. The average molecular weight is 617 g/mol. The first-order valence-electron chi connectivity index (χ1n) is 13.7. The summed E-state index contributed by atoms with van der Waals surface area (Å²) in [5.41, 5.74) is 2.80. The van der Waals surface area contributed by atoms with Gasteiger partial charge in [-0.1, -0.05) is 22.5 Å². The highest BCUT2D eigenvalue weighted by Gasteiger charge is 2.43. The molecule has 3 aromatic rings. The van der Waals surface area contributed by atoms with Crippen molar-refractivity contribution >= 4 is 50.4 Å². The highest BCUT2D eigenvalue weighted by Crippen LogP contribution is 2.37. The molecule has 0 aliphatic carbocycles. The minimum Gasteiger partial charge on any atom is -0.353 e. The summed E-state index contributed by atoms with van der Waals surface area (Å²) in [5, 5.41) is 9.87. The SMILES string of the molecule is C=CC(=O)N1CC(N2CCC(n3c(C)c(C(=O)N4CCN(c5ccc(C#N)cn5)CC4)c4cc(Br)ccc43)C2=O)C1. The van der Waals surface area contributed by atoms with E-state index in [2.05, 4.69) is 38.5 Å². The third-order valence-corrected chi connectivity index (χ3v) is 9.00. The molecule has 0 N–H and O–H groups in total. The van der Waals surface area contributed by atoms with Gasteiger partial charge in [0.1, 0.15) is 17.9 Å². The summed E-state index contributed by atoms with van der Waals surface area (Å²) in [6.45, 7) is 9.49. The summed E-state index contributed by atoms with van der Waals surface area (Å²) < 4.78 is 2.91. The molecular formula is C30H30BrN7O3. The van der Waals surface area contributed by atoms with Gasteiger partial charge in [0.15, 0.2) is 0 Å². The molecule has 0 radical (unpaired) electrons. The zero-order valence-corrected chi connectivity index (χ0v) is 24.4. The quantitative estimate of drug-likeness (QED) is 0.408. The van der Waals surface area contributed by atoms with Gasteiger partial charge in [0.2, 0.25) is 11.8 Å². The third kappa shape index (κ3) is 4.66. The van der Waals surface area contributed by atoms with Gasteiger partial charge in [0.25, 0.3) is 5.91 Å². The molecular weight excluding hydrogens is 586 g/mol. The molecule has 3 fully saturated rings. The van der Waals surface area contributed by atoms with E-state index in [1.807, 2.05) is 45.6 Å². The van der Waals surface area contributed by atoms with E-state index < -0.39 is 6.04 Å². The Morgan fingerprint density at radius 1 is 1.10 bits per heavy atom. The van der Waals surface area contributed by atoms with Crippen molar-refractivity contribution in [2.45, 2.75) is 25.4 Å². The van der Waals surface area contributed by atoms with Crippen LogP contribution in [0.15, 0.2) is 53.7 Å². The lowest BCUT2D eigenvalue weighted by Gasteiger charge is -2.43. The first kappa shape index (κ1) is 27.0. The maximum absolute atomic E-state index is 14.0. The molecule has 0 saturated carbocycles. The van der Waals surface area contributed by atoms with Crippen molar-refractivity contribution in [3.63, 3.8) is 0 Å². The molecule has 3 aliphatic rings. The average Bonchev–Trinajstić information content (AvgIpc) is 3.47. The van der Waals surface area contributed by atoms with Crippen LogP contribution >= 0.6 is 15.9 Å². The van der Waals surface area contributed by atoms with Crippen LogP contribution in [0.1, 0.15) is 34.1 Å². The number of carbonyl (C=O) groups excluding carboxylic acids is 3. The fourth-order valence-electron chi connectivity index (χ4n) is 6.27. The molecule has 41 heavy (non-hydrogen) atoms. The Hall–Kier alpha value is -4.17. The minimum absolute atomic E-state index is 0.00988. The summed E-state index contributed by atoms with van der Waals surface area (Å²) >= 11 is 3.57. The number of anilines is 1. The van der Waals surface area contributed by atoms with E-state index >= 15 is 0 Å². The zero-order valence-electron chi connectivity index (χ0n) is 22.8. The van der Waals surface area contributed by atoms with Crippen molar-refractivity contribution < 1.29 is 14.4 Å². The van der Waals surface area contributed by atoms with Crippen LogP contribution in [0, 0.1) is 18.3 Å². The van der Waals surface area contributed by atoms with E-state index in [0.29, 0.717) is 63.4 Å². The van der Waals surface area contributed by atoms with Gasteiger partial charge in [-0.25, -0.2) is 4.98 Å². The molecule has 10 nitrogen and oxygen atoms in total. The van der Waals surface area contributed by atoms with Gasteiger partial charge in [-0.3, -0.25) is 14.4 Å². The lowest BCUT2D eigenvalue weighted by molar-refractivity contribution is -0.142. The summed E-state index contributed by atoms with van der Waals surface area (Å²) in [5.74, 6) is 0.669. The molecule has 1 unspecified atom stereocenters. The van der Waals surface area contributed by atoms with E-state index in [9.17, 15) is 14.4 Å². The second-order valence-electron chi connectivity index (χ2n) is 10.7. The van der Waals surface area contributed by atoms with E-state index in [4.69, 9.17) is 5.26 Å². The molecule has 3 amide bonds. The molecule has 3 aliphatic heterocycles. The third-order valence-electron chi connectivity index (χ3n) is 8.50. The monoisotopic (exact) mass is 615 g/mol. The first-order valence-corrected chi connectivity index (χ1v) is 14.5. The van der Waals surface area contributed by atoms with Crippen LogP contribution in [0.4, 0.5) is 5.82 Å². The van der Waals surface area contributed by atoms with E-state index in [0.717, 1.165) is 26.9 Å². The number of nitriles is 1. The highest BCUT2D eigenvalue weighted by atomic mass is 79.9. The second-order valence-corrected chi connectivity index (χ2v) is 11.6. The zero-order chi connectivity index (χ0) is 28.8. The molecule has 2 aromatic heterocycles. The van der Waals surface area contributed by atoms with Gasteiger partial charge in [-0.2, -0.15) is 5.26 Å². The fourth-order valence-corrected chi connectivity index (χ4v) is 6.63. The molecule has 11 heteroatoms. The van der Waals surface area contributed by atoms with Crippen molar-refractivity contribution in [3.8, 4) is 6.07 Å². The maximum atomic E-state index is 14.0. The van der Waals surface area contributed by atoms with Crippen LogP contribution in [-0.4, -0.2) is 93.8 Å². The first-order chi connectivity index (χ1) is 19.8. The molecule has 0 spiro atoms. The van der Waals surface area contributed by atoms with Crippen LogP contribution in [0.5, 0.6) is 0 Å². The Bertz CT molecular complexity index is 1590. The standard InChI is InChI=1S/C30H30BrN7O3/c1-3-27(39)36-17-22(18-36)37-9-8-25(29(37)40)38-19(2)28(23-14-21(31)5-6-24(23)38)30(41)35-12-10-34(11-13-35)26-7-4-20(15-32)16-33-26/h3-7,14,16,22,25H,1,8-13,17-18H2,2H3. The Balaban J connectivity index is 1.23. The number of rotatable bonds is 5. The number of fused-ring (bicyclic) bond motifs is 1. The predicted molar refractivity (Wildman–Crippen MR) is 157 cm³/mol. The van der Waals surface area contributed by atoms with Crippen LogP contribution in [0.3, 0.4) is 0 Å². The molecule has 5 heterocycles. The van der Waals surface area contributed by atoms with Gasteiger partial charge in [-0.05, 0) is 49.8 Å². The number of likely N-dealkylation sites (tertiary alicyclic amines) is 2. The number of amides is 3. The number of aromatic nitrogens is 2. The summed E-state index contributed by atoms with van der Waals surface area (Å²) in [7, 11) is 0. The highest BCUT2D eigenvalue weighted by molar-refractivity contribution is 9.10. The Morgan fingerprint density at radius 2 is 1.85 bits per heavy atom. The normalized spacial score (nSPS) is 19.4. The number of pyridine rings is 1. The van der Waals surface area contributed by atoms with Crippen molar-refractivity contribution in [1.29, 1.82) is 5.26 Å². The van der Waals surface area contributed by atoms with Gasteiger partial charge >= 0.3 is 0 Å². The molecule has 0 bridgehead atoms. The van der Waals surface area contributed by atoms with E-state index in [1.165, 1.54) is 6.08 Å². The summed E-state index contributed by atoms with van der Waals surface area (Å²) in [6, 6.07) is 11.2. The van der Waals surface area contributed by atoms with Gasteiger partial charge in [0, 0.05) is 73.1 Å². The summed E-state index contributed by atoms with van der Waals surface area (Å²) in [6.07, 6.45) is 3.52. The largest absolute Gasteiger partial charge is 0.353 e. The van der Waals surface area contributed by atoms with Crippen LogP contribution in [0.2, 0.25) is 0 Å². The number of hydrogen-bond donors (Lipinski definition) is 0. The minimum atomic E-state index is -0.399. The molecule has 3 saturated heterocycles. The van der Waals surface area contributed by atoms with Crippen molar-refractivity contribution in [2.75, 3.05) is 50.7 Å². The number of piperazine rings is 1. The van der Waals surface area contributed by atoms with Crippen LogP contribution in [0.25, 0.3) is 10.9 Å². The maximum Gasteiger partial charge on any atom is 0.256 e. The van der Waals surface area contributed by atoms with Crippen LogP contribution < -0.4 is 4.90 Å². The van der Waals surface area contributed by atoms with Crippen molar-refractivity contribution in [2.24, 2.45) is 0 Å². The lowest BCUT2D eigenvalue weighted by atomic mass is 10.1. The summed E-state index contributed by atoms with van der Waals surface area (Å²) in [4.78, 5) is 51.6. The van der Waals surface area contributed by atoms with Gasteiger partial charge in [0.05, 0.1) is 17.2 Å². The van der Waals surface area contributed by atoms with E-state index in [-0.39, 0.29) is 23.8 Å². The molecule has 6 rings (SSSR count). The van der Waals surface area contributed by atoms with Crippen molar-refractivity contribution in [3.05, 3.63) is 70.5 Å². The van der Waals surface area contributed by atoms with Gasteiger partial charge < -0.3 is 24.2 Å². The number of benzene rings is 1. The van der Waals surface area contributed by atoms with Crippen LogP contribution in [-0.2, 0) is 9.59 Å². The fraction of sp³-hybridized carbons (Fsp3) is 0.367. The van der Waals surface area contributed by atoms with Crippen molar-refractivity contribution in [1.82, 2.24) is 24.3 Å². The Morgan fingerprint density at radius 3 is 2.51 bits per heavy atom. The molecule has 210 valence electrons. The van der Waals surface area contributed by atoms with Gasteiger partial charge in [-0.15, -0.1) is 0 Å². The topological polar surface area (TPSA) is 106 Å². The lowest BCUT2D eigenvalue weighted by Crippen LogP contribution is -2.61. The second kappa shape index (κ2) is 10.7. The Labute approximate surface area is 246 Å².